The van der Waals surface area contributed by atoms with Crippen LogP contribution in [0, 0.1) is 0 Å². The van der Waals surface area contributed by atoms with Crippen molar-refractivity contribution in [1.82, 2.24) is 0 Å². The molecule has 0 radical (unpaired) electrons. The van der Waals surface area contributed by atoms with Crippen molar-refractivity contribution in [3.05, 3.63) is 20.8 Å². The number of halogens is 1. The average Bonchev–Trinajstić information content (AvgIpc) is 2.35. The maximum atomic E-state index is 5.39. The molecule has 0 fully saturated rings. The zero-order valence-electron chi connectivity index (χ0n) is 6.55. The van der Waals surface area contributed by atoms with Gasteiger partial charge in [-0.3, -0.25) is 0 Å². The summed E-state index contributed by atoms with van der Waals surface area (Å²) in [5, 5.41) is 0. The highest BCUT2D eigenvalue weighted by Crippen LogP contribution is 2.23. The van der Waals surface area contributed by atoms with Gasteiger partial charge >= 0.3 is 0 Å². The van der Waals surface area contributed by atoms with Crippen molar-refractivity contribution in [2.45, 2.75) is 19.3 Å². The first-order valence-corrected chi connectivity index (χ1v) is 5.73. The van der Waals surface area contributed by atoms with Gasteiger partial charge in [-0.1, -0.05) is 12.2 Å². The minimum Gasteiger partial charge on any atom is -0.393 e. The van der Waals surface area contributed by atoms with Crippen LogP contribution in [-0.2, 0) is 6.42 Å². The molecule has 0 bridgehead atoms. The molecule has 0 saturated heterocycles. The molecule has 12 heavy (non-hydrogen) atoms. The summed E-state index contributed by atoms with van der Waals surface area (Å²) in [6, 6.07) is 4.20. The van der Waals surface area contributed by atoms with Gasteiger partial charge in [-0.15, -0.1) is 11.3 Å². The summed E-state index contributed by atoms with van der Waals surface area (Å²) in [7, 11) is 0. The second kappa shape index (κ2) is 4.94. The zero-order chi connectivity index (χ0) is 8.97. The maximum Gasteiger partial charge on any atom is 0.0727 e. The third kappa shape index (κ3) is 3.65. The first-order chi connectivity index (χ1) is 5.68. The predicted octanol–water partition coefficient (Wildman–Crippen LogP) is 3.12. The lowest BCUT2D eigenvalue weighted by Gasteiger charge is -1.95. The van der Waals surface area contributed by atoms with Crippen molar-refractivity contribution < 1.29 is 0 Å². The van der Waals surface area contributed by atoms with E-state index in [4.69, 9.17) is 18.0 Å². The summed E-state index contributed by atoms with van der Waals surface area (Å²) >= 11 is 9.98. The molecule has 0 aliphatic heterocycles. The molecule has 1 aromatic rings. The second-order valence-electron chi connectivity index (χ2n) is 2.53. The van der Waals surface area contributed by atoms with E-state index in [1.807, 2.05) is 0 Å². The smallest absolute Gasteiger partial charge is 0.0727 e. The molecule has 4 heteroatoms. The van der Waals surface area contributed by atoms with Crippen molar-refractivity contribution in [1.29, 1.82) is 0 Å². The Morgan fingerprint density at radius 3 is 2.83 bits per heavy atom. The lowest BCUT2D eigenvalue weighted by molar-refractivity contribution is 0.881. The lowest BCUT2D eigenvalue weighted by Crippen LogP contribution is -2.07. The van der Waals surface area contributed by atoms with Gasteiger partial charge in [0.1, 0.15) is 0 Å². The number of aryl methyl sites for hydroxylation is 1. The highest BCUT2D eigenvalue weighted by molar-refractivity contribution is 9.11. The highest BCUT2D eigenvalue weighted by Gasteiger charge is 1.97. The number of thiocarbonyl (C=S) groups is 1. The van der Waals surface area contributed by atoms with Crippen molar-refractivity contribution in [3.8, 4) is 0 Å². The van der Waals surface area contributed by atoms with E-state index in [-0.39, 0.29) is 0 Å². The third-order valence-corrected chi connectivity index (χ3v) is 3.36. The van der Waals surface area contributed by atoms with Crippen LogP contribution in [0.15, 0.2) is 15.9 Å². The standard InChI is InChI=1S/C8H10BrNS2/c9-7-5-4-6(12-7)2-1-3-8(10)11/h4-5H,1-3H2,(H2,10,11). The molecule has 1 aromatic heterocycles. The molecule has 1 rings (SSSR count). The minimum absolute atomic E-state index is 0.616. The summed E-state index contributed by atoms with van der Waals surface area (Å²) in [6.07, 6.45) is 2.99. The van der Waals surface area contributed by atoms with Crippen LogP contribution in [0.2, 0.25) is 0 Å². The van der Waals surface area contributed by atoms with E-state index in [9.17, 15) is 0 Å². The summed E-state index contributed by atoms with van der Waals surface area (Å²) in [5.74, 6) is 0. The fraction of sp³-hybridized carbons (Fsp3) is 0.375. The van der Waals surface area contributed by atoms with Crippen molar-refractivity contribution in [3.63, 3.8) is 0 Å². The van der Waals surface area contributed by atoms with Crippen LogP contribution < -0.4 is 5.73 Å². The van der Waals surface area contributed by atoms with Crippen LogP contribution in [-0.4, -0.2) is 4.99 Å². The Bertz CT molecular complexity index is 270. The third-order valence-electron chi connectivity index (χ3n) is 1.48. The van der Waals surface area contributed by atoms with Gasteiger partial charge in [0.25, 0.3) is 0 Å². The van der Waals surface area contributed by atoms with Crippen LogP contribution >= 0.6 is 39.5 Å². The lowest BCUT2D eigenvalue weighted by atomic mass is 10.2. The molecule has 0 aromatic carbocycles. The van der Waals surface area contributed by atoms with Crippen molar-refractivity contribution >= 4 is 44.5 Å². The molecule has 0 aliphatic carbocycles. The Balaban J connectivity index is 2.29. The molecule has 1 nitrogen and oxygen atoms in total. The quantitative estimate of drug-likeness (QED) is 0.845. The van der Waals surface area contributed by atoms with Crippen LogP contribution in [0.5, 0.6) is 0 Å². The molecular formula is C8H10BrNS2. The van der Waals surface area contributed by atoms with Gasteiger partial charge in [-0.2, -0.15) is 0 Å². The number of hydrogen-bond acceptors (Lipinski definition) is 2. The number of rotatable bonds is 4. The Morgan fingerprint density at radius 2 is 2.33 bits per heavy atom. The monoisotopic (exact) mass is 263 g/mol. The molecular weight excluding hydrogens is 254 g/mol. The molecule has 66 valence electrons. The summed E-state index contributed by atoms with van der Waals surface area (Å²) in [5.41, 5.74) is 5.39. The second-order valence-corrected chi connectivity index (χ2v) is 5.60. The summed E-state index contributed by atoms with van der Waals surface area (Å²) in [4.78, 5) is 2.00. The molecule has 0 atom stereocenters. The molecule has 1 heterocycles. The van der Waals surface area contributed by atoms with Gasteiger partial charge in [0.05, 0.1) is 8.77 Å². The maximum absolute atomic E-state index is 5.39. The Hall–Kier alpha value is 0.0700. The molecule has 2 N–H and O–H groups in total. The van der Waals surface area contributed by atoms with Gasteiger partial charge < -0.3 is 5.73 Å². The summed E-state index contributed by atoms with van der Waals surface area (Å²) < 4.78 is 1.19. The Labute approximate surface area is 90.1 Å². The topological polar surface area (TPSA) is 26.0 Å². The zero-order valence-corrected chi connectivity index (χ0v) is 9.77. The van der Waals surface area contributed by atoms with Crippen LogP contribution in [0.1, 0.15) is 17.7 Å². The SMILES string of the molecule is NC(=S)CCCc1ccc(Br)s1. The average molecular weight is 264 g/mol. The number of thiophene rings is 1. The Morgan fingerprint density at radius 1 is 1.58 bits per heavy atom. The van der Waals surface area contributed by atoms with E-state index in [1.165, 1.54) is 8.66 Å². The van der Waals surface area contributed by atoms with Crippen LogP contribution in [0.25, 0.3) is 0 Å². The first-order valence-electron chi connectivity index (χ1n) is 3.71. The molecule has 0 spiro atoms. The van der Waals surface area contributed by atoms with E-state index in [1.54, 1.807) is 11.3 Å². The predicted molar refractivity (Wildman–Crippen MR) is 61.7 cm³/mol. The van der Waals surface area contributed by atoms with E-state index in [0.717, 1.165) is 19.3 Å². The molecule has 0 unspecified atom stereocenters. The Kier molecular flexibility index (Phi) is 4.18. The molecule has 0 amide bonds. The largest absolute Gasteiger partial charge is 0.393 e. The van der Waals surface area contributed by atoms with E-state index >= 15 is 0 Å². The van der Waals surface area contributed by atoms with E-state index < -0.39 is 0 Å². The van der Waals surface area contributed by atoms with Crippen LogP contribution in [0.3, 0.4) is 0 Å². The van der Waals surface area contributed by atoms with Crippen LogP contribution in [0.4, 0.5) is 0 Å². The van der Waals surface area contributed by atoms with E-state index in [2.05, 4.69) is 28.1 Å². The van der Waals surface area contributed by atoms with Crippen molar-refractivity contribution in [2.75, 3.05) is 0 Å². The molecule has 0 aliphatic rings. The minimum atomic E-state index is 0.616. The van der Waals surface area contributed by atoms with Gasteiger partial charge in [0.2, 0.25) is 0 Å². The van der Waals surface area contributed by atoms with Gasteiger partial charge in [-0.05, 0) is 47.3 Å². The molecule has 0 saturated carbocycles. The fourth-order valence-corrected chi connectivity index (χ4v) is 2.59. The summed E-state index contributed by atoms with van der Waals surface area (Å²) in [6.45, 7) is 0. The number of hydrogen-bond donors (Lipinski definition) is 1. The fourth-order valence-electron chi connectivity index (χ4n) is 0.923. The van der Waals surface area contributed by atoms with E-state index in [0.29, 0.717) is 4.99 Å². The number of nitrogens with two attached hydrogens (primary N) is 1. The van der Waals surface area contributed by atoms with Gasteiger partial charge in [0.15, 0.2) is 0 Å². The van der Waals surface area contributed by atoms with Gasteiger partial charge in [0, 0.05) is 4.88 Å². The van der Waals surface area contributed by atoms with Crippen molar-refractivity contribution in [2.24, 2.45) is 5.73 Å². The normalized spacial score (nSPS) is 10.1. The van der Waals surface area contributed by atoms with Gasteiger partial charge in [-0.25, -0.2) is 0 Å². The highest BCUT2D eigenvalue weighted by atomic mass is 79.9. The first kappa shape index (κ1) is 10.2.